The van der Waals surface area contributed by atoms with Gasteiger partial charge in [0.15, 0.2) is 0 Å². The summed E-state index contributed by atoms with van der Waals surface area (Å²) >= 11 is 0. The number of carbonyl (C=O) groups is 2. The van der Waals surface area contributed by atoms with Crippen LogP contribution in [0, 0.1) is 0 Å². The van der Waals surface area contributed by atoms with Crippen LogP contribution in [0.15, 0.2) is 0 Å². The summed E-state index contributed by atoms with van der Waals surface area (Å²) in [6.07, 6.45) is 39.7. The van der Waals surface area contributed by atoms with Crippen LogP contribution in [-0.4, -0.2) is 23.7 Å². The summed E-state index contributed by atoms with van der Waals surface area (Å²) in [5.41, 5.74) is 0. The molecular weight excluding hydrogens is 602 g/mol. The van der Waals surface area contributed by atoms with Gasteiger partial charge in [0.2, 0.25) is 0 Å². The third-order valence-electron chi connectivity index (χ3n) is 7.97. The van der Waals surface area contributed by atoms with Crippen molar-refractivity contribution >= 4 is 11.9 Å². The zero-order valence-corrected chi connectivity index (χ0v) is 33.1. The Morgan fingerprint density at radius 3 is 0.636 bits per heavy atom. The largest absolute Gasteiger partial charge is 2.00 e. The molecule has 1 N–H and O–H groups in total. The number of aliphatic hydroxyl groups is 1. The number of hydrogen-bond acceptors (Lipinski definition) is 5. The van der Waals surface area contributed by atoms with E-state index in [0.717, 1.165) is 25.7 Å². The molecule has 0 radical (unpaired) electrons. The van der Waals surface area contributed by atoms with Crippen LogP contribution < -0.4 is 10.2 Å². The maximum atomic E-state index is 10.2. The molecule has 0 aliphatic rings. The standard InChI is InChI=1S/2C18H36O2.C2H6O.Zn/c2*1-2-3-4-5-6-7-8-9-10-11-12-13-14-15-16-17-18(19)20;1-2-3;/h2*2-17H2,1H3,(H,19,20);3H,2H2,1H3;/q;;;+2/p-2. The van der Waals surface area contributed by atoms with Crippen molar-refractivity contribution in [1.29, 1.82) is 0 Å². The average molecular weight is 678 g/mol. The van der Waals surface area contributed by atoms with Gasteiger partial charge in [-0.25, -0.2) is 0 Å². The van der Waals surface area contributed by atoms with E-state index in [9.17, 15) is 19.8 Å². The summed E-state index contributed by atoms with van der Waals surface area (Å²) in [4.78, 5) is 20.4. The minimum absolute atomic E-state index is 0. The fraction of sp³-hybridized carbons (Fsp3) is 0.947. The molecule has 0 heterocycles. The van der Waals surface area contributed by atoms with Gasteiger partial charge in [-0.1, -0.05) is 194 Å². The van der Waals surface area contributed by atoms with Gasteiger partial charge in [0, 0.05) is 18.5 Å². The van der Waals surface area contributed by atoms with Crippen LogP contribution in [0.25, 0.3) is 0 Å². The van der Waals surface area contributed by atoms with Gasteiger partial charge in [-0.05, 0) is 32.6 Å². The number of carboxylic acids is 2. The molecule has 0 saturated carbocycles. The second-order valence-corrected chi connectivity index (χ2v) is 12.5. The van der Waals surface area contributed by atoms with Crippen molar-refractivity contribution in [2.45, 2.75) is 226 Å². The number of carbonyl (C=O) groups excluding carboxylic acids is 2. The van der Waals surface area contributed by atoms with Crippen molar-refractivity contribution in [3.8, 4) is 0 Å². The van der Waals surface area contributed by atoms with E-state index < -0.39 is 11.9 Å². The van der Waals surface area contributed by atoms with Gasteiger partial charge in [0.1, 0.15) is 0 Å². The first-order valence-corrected chi connectivity index (χ1v) is 19.0. The van der Waals surface area contributed by atoms with Crippen molar-refractivity contribution < 1.29 is 44.4 Å². The van der Waals surface area contributed by atoms with E-state index in [1.54, 1.807) is 6.92 Å². The maximum absolute atomic E-state index is 10.2. The van der Waals surface area contributed by atoms with Crippen LogP contribution in [0.5, 0.6) is 0 Å². The number of hydrogen-bond donors (Lipinski definition) is 1. The van der Waals surface area contributed by atoms with Crippen LogP contribution in [0.4, 0.5) is 0 Å². The third-order valence-corrected chi connectivity index (χ3v) is 7.97. The maximum Gasteiger partial charge on any atom is 2.00 e. The van der Waals surface area contributed by atoms with Crippen LogP contribution in [-0.2, 0) is 29.1 Å². The zero-order chi connectivity index (χ0) is 32.5. The number of unbranched alkanes of at least 4 members (excludes halogenated alkanes) is 28. The minimum atomic E-state index is -0.903. The summed E-state index contributed by atoms with van der Waals surface area (Å²) in [7, 11) is 0. The molecule has 0 bridgehead atoms. The smallest absolute Gasteiger partial charge is 0.550 e. The SMILES string of the molecule is CCCCCCCCCCCCCCCCCC(=O)[O-].CCCCCCCCCCCCCCCCCC(=O)[O-].CCO.[Zn+2]. The van der Waals surface area contributed by atoms with E-state index in [1.807, 2.05) is 0 Å². The summed E-state index contributed by atoms with van der Waals surface area (Å²) in [6.45, 7) is 6.47. The number of carboxylic acid groups (broad SMARTS) is 2. The zero-order valence-electron chi connectivity index (χ0n) is 30.1. The Hall–Kier alpha value is -0.477. The molecule has 5 nitrogen and oxygen atoms in total. The van der Waals surface area contributed by atoms with E-state index in [1.165, 1.54) is 167 Å². The van der Waals surface area contributed by atoms with Crippen molar-refractivity contribution in [2.75, 3.05) is 6.61 Å². The molecule has 6 heteroatoms. The Balaban J connectivity index is -0.000000326. The van der Waals surface area contributed by atoms with Crippen molar-refractivity contribution in [3.05, 3.63) is 0 Å². The Bertz CT molecular complexity index is 471. The predicted molar refractivity (Wildman–Crippen MR) is 182 cm³/mol. The molecule has 0 saturated heterocycles. The van der Waals surface area contributed by atoms with Crippen LogP contribution in [0.3, 0.4) is 0 Å². The Morgan fingerprint density at radius 2 is 0.500 bits per heavy atom. The molecular formula is C38H76O5Zn. The molecule has 0 aromatic heterocycles. The van der Waals surface area contributed by atoms with Gasteiger partial charge >= 0.3 is 19.5 Å². The molecule has 0 atom stereocenters. The van der Waals surface area contributed by atoms with Gasteiger partial charge in [-0.3, -0.25) is 0 Å². The van der Waals surface area contributed by atoms with Crippen LogP contribution in [0.2, 0.25) is 0 Å². The van der Waals surface area contributed by atoms with Crippen LogP contribution in [0.1, 0.15) is 226 Å². The molecule has 0 fully saturated rings. The molecule has 0 spiro atoms. The summed E-state index contributed by atoms with van der Waals surface area (Å²) in [5, 5.41) is 28.0. The van der Waals surface area contributed by atoms with Gasteiger partial charge in [-0.15, -0.1) is 0 Å². The fourth-order valence-electron chi connectivity index (χ4n) is 5.28. The Kier molecular flexibility index (Phi) is 56.6. The summed E-state index contributed by atoms with van der Waals surface area (Å²) in [5.74, 6) is -1.81. The van der Waals surface area contributed by atoms with E-state index in [4.69, 9.17) is 5.11 Å². The first-order valence-electron chi connectivity index (χ1n) is 19.0. The normalized spacial score (nSPS) is 10.3. The quantitative estimate of drug-likeness (QED) is 0.0564. The first kappa shape index (κ1) is 50.4. The summed E-state index contributed by atoms with van der Waals surface area (Å²) in [6, 6.07) is 0. The van der Waals surface area contributed by atoms with Gasteiger partial charge in [0.25, 0.3) is 0 Å². The molecule has 0 amide bonds. The third kappa shape index (κ3) is 60.7. The molecule has 260 valence electrons. The Morgan fingerprint density at radius 1 is 0.364 bits per heavy atom. The van der Waals surface area contributed by atoms with Gasteiger partial charge < -0.3 is 24.9 Å². The van der Waals surface area contributed by atoms with Crippen molar-refractivity contribution in [2.24, 2.45) is 0 Å². The Labute approximate surface area is 288 Å². The van der Waals surface area contributed by atoms with E-state index in [-0.39, 0.29) is 38.9 Å². The second kappa shape index (κ2) is 49.4. The van der Waals surface area contributed by atoms with Crippen molar-refractivity contribution in [1.82, 2.24) is 0 Å². The van der Waals surface area contributed by atoms with Gasteiger partial charge in [-0.2, -0.15) is 0 Å². The minimum Gasteiger partial charge on any atom is -0.550 e. The van der Waals surface area contributed by atoms with Crippen LogP contribution >= 0.6 is 0 Å². The molecule has 0 aliphatic heterocycles. The van der Waals surface area contributed by atoms with E-state index in [0.29, 0.717) is 0 Å². The predicted octanol–water partition coefficient (Wildman–Crippen LogP) is 9.99. The molecule has 0 rings (SSSR count). The molecule has 0 aromatic carbocycles. The van der Waals surface area contributed by atoms with Crippen molar-refractivity contribution in [3.63, 3.8) is 0 Å². The van der Waals surface area contributed by atoms with Gasteiger partial charge in [0.05, 0.1) is 0 Å². The second-order valence-electron chi connectivity index (χ2n) is 12.5. The molecule has 0 unspecified atom stereocenters. The summed E-state index contributed by atoms with van der Waals surface area (Å²) < 4.78 is 0. The number of rotatable bonds is 32. The fourth-order valence-corrected chi connectivity index (χ4v) is 5.28. The average Bonchev–Trinajstić information content (AvgIpc) is 2.97. The van der Waals surface area contributed by atoms with E-state index in [2.05, 4.69) is 13.8 Å². The number of aliphatic hydroxyl groups excluding tert-OH is 1. The monoisotopic (exact) mass is 676 g/mol. The molecule has 44 heavy (non-hydrogen) atoms. The number of aliphatic carboxylic acids is 2. The van der Waals surface area contributed by atoms with E-state index >= 15 is 0 Å². The first-order chi connectivity index (χ1) is 21.0. The topological polar surface area (TPSA) is 100 Å². The molecule has 0 aromatic rings. The molecule has 0 aliphatic carbocycles.